The molecule has 87 heavy (non-hydrogen) atoms. The Bertz CT molecular complexity index is 1750. The van der Waals surface area contributed by atoms with Gasteiger partial charge in [0, 0.05) is 12.8 Å². The molecule has 0 aromatic rings. The Labute approximate surface area is 537 Å². The number of likely N-dealkylation sites (N-methyl/N-ethyl adjacent to an activating group) is 1. The highest BCUT2D eigenvalue weighted by molar-refractivity contribution is 5.71. The first kappa shape index (κ1) is 83.2. The van der Waals surface area contributed by atoms with Crippen molar-refractivity contribution in [1.29, 1.82) is 0 Å². The summed E-state index contributed by atoms with van der Waals surface area (Å²) in [4.78, 5) is 37.6. The van der Waals surface area contributed by atoms with Gasteiger partial charge in [-0.25, -0.2) is 4.79 Å². The van der Waals surface area contributed by atoms with Crippen LogP contribution >= 0.6 is 0 Å². The number of rotatable bonds is 67. The van der Waals surface area contributed by atoms with Gasteiger partial charge in [-0.05, 0) is 77.0 Å². The first-order valence-corrected chi connectivity index (χ1v) is 36.4. The third kappa shape index (κ3) is 69.5. The number of carbonyl (C=O) groups excluding carboxylic acids is 2. The smallest absolute Gasteiger partial charge is 0.361 e. The molecule has 0 rings (SSSR count). The van der Waals surface area contributed by atoms with Gasteiger partial charge in [0.1, 0.15) is 13.2 Å². The molecular weight excluding hydrogens is 1080 g/mol. The lowest BCUT2D eigenvalue weighted by molar-refractivity contribution is -0.870. The molecule has 0 fully saturated rings. The van der Waals surface area contributed by atoms with Crippen LogP contribution < -0.4 is 0 Å². The van der Waals surface area contributed by atoms with E-state index in [2.05, 4.69) is 111 Å². The van der Waals surface area contributed by atoms with Gasteiger partial charge >= 0.3 is 17.9 Å². The number of allylic oxidation sites excluding steroid dienone is 16. The Morgan fingerprint density at radius 3 is 0.977 bits per heavy atom. The Morgan fingerprint density at radius 2 is 0.655 bits per heavy atom. The van der Waals surface area contributed by atoms with Crippen molar-refractivity contribution < 1.29 is 42.9 Å². The minimum Gasteiger partial charge on any atom is -0.477 e. The quantitative estimate of drug-likeness (QED) is 0.0211. The van der Waals surface area contributed by atoms with Crippen LogP contribution in [0.5, 0.6) is 0 Å². The number of carbonyl (C=O) groups is 3. The number of hydrogen-bond acceptors (Lipinski definition) is 7. The molecule has 0 aliphatic rings. The Balaban J connectivity index is 4.13. The molecule has 0 aliphatic heterocycles. The first-order chi connectivity index (χ1) is 42.6. The molecule has 0 amide bonds. The number of quaternary nitrogens is 1. The van der Waals surface area contributed by atoms with E-state index in [4.69, 9.17) is 18.9 Å². The van der Waals surface area contributed by atoms with Gasteiger partial charge < -0.3 is 28.5 Å². The molecule has 0 aliphatic carbocycles. The number of carboxylic acids is 1. The average Bonchev–Trinajstić information content (AvgIpc) is 3.57. The molecule has 0 saturated heterocycles. The third-order valence-electron chi connectivity index (χ3n) is 15.9. The Hall–Kier alpha value is -3.79. The first-order valence-electron chi connectivity index (χ1n) is 36.4. The predicted octanol–water partition coefficient (Wildman–Crippen LogP) is 22.8. The maximum Gasteiger partial charge on any atom is 0.361 e. The molecular formula is C78H138NO8+. The zero-order valence-electron chi connectivity index (χ0n) is 57.4. The molecule has 502 valence electrons. The zero-order valence-corrected chi connectivity index (χ0v) is 57.4. The number of unbranched alkanes of at least 4 members (excludes halogenated alkanes) is 36. The van der Waals surface area contributed by atoms with E-state index in [1.807, 2.05) is 21.1 Å². The summed E-state index contributed by atoms with van der Waals surface area (Å²) < 4.78 is 23.0. The fourth-order valence-electron chi connectivity index (χ4n) is 10.3. The summed E-state index contributed by atoms with van der Waals surface area (Å²) in [6, 6.07) is 0. The molecule has 2 unspecified atom stereocenters. The van der Waals surface area contributed by atoms with Crippen LogP contribution in [0.1, 0.15) is 322 Å². The number of ether oxygens (including phenoxy) is 4. The van der Waals surface area contributed by atoms with Crippen molar-refractivity contribution in [2.45, 2.75) is 334 Å². The van der Waals surface area contributed by atoms with E-state index < -0.39 is 24.3 Å². The highest BCUT2D eigenvalue weighted by atomic mass is 16.7. The fourth-order valence-corrected chi connectivity index (χ4v) is 10.3. The second kappa shape index (κ2) is 68.1. The minimum absolute atomic E-state index is 0.179. The average molecular weight is 1220 g/mol. The van der Waals surface area contributed by atoms with Gasteiger partial charge in [-0.3, -0.25) is 9.59 Å². The van der Waals surface area contributed by atoms with Gasteiger partial charge in [0.2, 0.25) is 0 Å². The number of aliphatic carboxylic acids is 1. The van der Waals surface area contributed by atoms with Crippen molar-refractivity contribution in [3.63, 3.8) is 0 Å². The maximum absolute atomic E-state index is 12.9. The molecule has 0 aromatic carbocycles. The molecule has 9 nitrogen and oxygen atoms in total. The van der Waals surface area contributed by atoms with Gasteiger partial charge in [-0.1, -0.05) is 329 Å². The number of nitrogens with zero attached hydrogens (tertiary/aromatic N) is 1. The summed E-state index contributed by atoms with van der Waals surface area (Å²) >= 11 is 0. The number of esters is 2. The van der Waals surface area contributed by atoms with Crippen LogP contribution in [-0.2, 0) is 33.3 Å². The molecule has 0 spiro atoms. The second-order valence-corrected chi connectivity index (χ2v) is 25.5. The highest BCUT2D eigenvalue weighted by Gasteiger charge is 2.25. The van der Waals surface area contributed by atoms with Crippen LogP contribution in [0.4, 0.5) is 0 Å². The molecule has 0 saturated carbocycles. The molecule has 9 heteroatoms. The molecule has 0 radical (unpaired) electrons. The Morgan fingerprint density at radius 1 is 0.356 bits per heavy atom. The van der Waals surface area contributed by atoms with Gasteiger partial charge in [-0.2, -0.15) is 0 Å². The largest absolute Gasteiger partial charge is 0.477 e. The van der Waals surface area contributed by atoms with E-state index in [1.165, 1.54) is 193 Å². The van der Waals surface area contributed by atoms with Crippen LogP contribution in [0.2, 0.25) is 0 Å². The standard InChI is InChI=1S/C78H137NO8/c1-6-8-10-12-14-16-18-20-22-24-26-28-30-32-34-36-37-38-39-41-42-44-46-48-50-52-54-56-58-60-62-64-66-68-75(80)85-72-74(73-86-78(77(82)83)84-71-70-79(3,4)5)87-76(81)69-67-65-63-61-59-57-55-53-51-49-47-45-43-40-35-33-31-29-27-25-23-21-19-17-15-13-11-9-7-2/h9,11,15,17,21,23,27,29,33,35,43,45,49,51,55,57,74,78H,6-8,10,12-14,16,18-20,22,24-26,28,30-32,34,36-42,44,46-48,50,52-54,56,58-73H2,1-5H3/p+1/b11-9-,17-15-,23-21-,29-27-,35-33-,45-43-,51-49-,57-55-. The monoisotopic (exact) mass is 1220 g/mol. The summed E-state index contributed by atoms with van der Waals surface area (Å²) in [6.45, 7) is 4.77. The Kier molecular flexibility index (Phi) is 65.2. The highest BCUT2D eigenvalue weighted by Crippen LogP contribution is 2.18. The molecule has 1 N–H and O–H groups in total. The van der Waals surface area contributed by atoms with Gasteiger partial charge in [0.25, 0.3) is 6.29 Å². The van der Waals surface area contributed by atoms with Crippen LogP contribution in [0.15, 0.2) is 97.2 Å². The molecule has 0 aromatic heterocycles. The minimum atomic E-state index is -1.52. The second-order valence-electron chi connectivity index (χ2n) is 25.5. The SMILES string of the molecule is CC/C=C\C/C=C\C/C=C\C/C=C\C/C=C\C/C=C\C/C=C\C/C=C\CCCCCCC(=O)OC(COC(=O)CCCCCCCCCCCCCCCCCCCCCCCCCCCCCCCCCCC)COC(OCC[N+](C)(C)C)C(=O)O. The zero-order chi connectivity index (χ0) is 63.3. The van der Waals surface area contributed by atoms with Crippen LogP contribution in [-0.4, -0.2) is 87.4 Å². The van der Waals surface area contributed by atoms with Crippen molar-refractivity contribution in [1.82, 2.24) is 0 Å². The molecule has 0 heterocycles. The van der Waals surface area contributed by atoms with E-state index in [-0.39, 0.29) is 32.2 Å². The van der Waals surface area contributed by atoms with E-state index >= 15 is 0 Å². The lowest BCUT2D eigenvalue weighted by atomic mass is 10.0. The lowest BCUT2D eigenvalue weighted by Gasteiger charge is -2.25. The number of carboxylic acid groups (broad SMARTS) is 1. The van der Waals surface area contributed by atoms with E-state index in [9.17, 15) is 19.5 Å². The fraction of sp³-hybridized carbons (Fsp3) is 0.756. The molecule has 0 bridgehead atoms. The summed E-state index contributed by atoms with van der Waals surface area (Å²) in [5.74, 6) is -2.03. The van der Waals surface area contributed by atoms with Crippen molar-refractivity contribution in [3.05, 3.63) is 97.2 Å². The topological polar surface area (TPSA) is 108 Å². The van der Waals surface area contributed by atoms with Gasteiger partial charge in [-0.15, -0.1) is 0 Å². The third-order valence-corrected chi connectivity index (χ3v) is 15.9. The van der Waals surface area contributed by atoms with Crippen molar-refractivity contribution >= 4 is 17.9 Å². The van der Waals surface area contributed by atoms with Crippen molar-refractivity contribution in [2.24, 2.45) is 0 Å². The van der Waals surface area contributed by atoms with Crippen LogP contribution in [0, 0.1) is 0 Å². The number of hydrogen-bond donors (Lipinski definition) is 1. The normalized spacial score (nSPS) is 13.3. The van der Waals surface area contributed by atoms with Crippen molar-refractivity contribution in [3.8, 4) is 0 Å². The van der Waals surface area contributed by atoms with E-state index in [0.29, 0.717) is 23.9 Å². The summed E-state index contributed by atoms with van der Waals surface area (Å²) in [5, 5.41) is 9.75. The summed E-state index contributed by atoms with van der Waals surface area (Å²) in [6.07, 6.45) is 91.1. The van der Waals surface area contributed by atoms with E-state index in [1.54, 1.807) is 0 Å². The van der Waals surface area contributed by atoms with E-state index in [0.717, 1.165) is 96.3 Å². The molecule has 2 atom stereocenters. The van der Waals surface area contributed by atoms with Gasteiger partial charge in [0.15, 0.2) is 6.10 Å². The van der Waals surface area contributed by atoms with Gasteiger partial charge in [0.05, 0.1) is 34.4 Å². The lowest BCUT2D eigenvalue weighted by Crippen LogP contribution is -2.40. The summed E-state index contributed by atoms with van der Waals surface area (Å²) in [5.41, 5.74) is 0. The van der Waals surface area contributed by atoms with Crippen molar-refractivity contribution in [2.75, 3.05) is 47.5 Å². The van der Waals surface area contributed by atoms with Crippen LogP contribution in [0.3, 0.4) is 0 Å². The maximum atomic E-state index is 12.9. The predicted molar refractivity (Wildman–Crippen MR) is 373 cm³/mol. The van der Waals surface area contributed by atoms with Crippen LogP contribution in [0.25, 0.3) is 0 Å². The summed E-state index contributed by atoms with van der Waals surface area (Å²) in [7, 11) is 5.97.